The molecule has 156 valence electrons. The molecule has 0 bridgehead atoms. The van der Waals surface area contributed by atoms with Crippen LogP contribution in [0.4, 0.5) is 0 Å². The average molecular weight is 405 g/mol. The molecular weight excluding hydrogens is 378 g/mol. The van der Waals surface area contributed by atoms with E-state index >= 15 is 0 Å². The highest BCUT2D eigenvalue weighted by molar-refractivity contribution is 5.88. The van der Waals surface area contributed by atoms with Crippen LogP contribution in [0.1, 0.15) is 24.5 Å². The smallest absolute Gasteiger partial charge is 0.227 e. The fourth-order valence-electron chi connectivity index (χ4n) is 3.66. The van der Waals surface area contributed by atoms with Crippen molar-refractivity contribution >= 4 is 16.7 Å². The van der Waals surface area contributed by atoms with Crippen molar-refractivity contribution in [2.24, 2.45) is 0 Å². The van der Waals surface area contributed by atoms with Crippen LogP contribution in [-0.2, 0) is 17.8 Å². The van der Waals surface area contributed by atoms with Crippen LogP contribution in [0.2, 0.25) is 0 Å². The number of likely N-dealkylation sites (N-methyl/N-ethyl adjacent to an activating group) is 1. The second kappa shape index (κ2) is 9.08. The monoisotopic (exact) mass is 405 g/mol. The number of nitrogens with zero attached hydrogens (tertiary/aromatic N) is 1. The van der Waals surface area contributed by atoms with E-state index in [1.807, 2.05) is 43.4 Å². The van der Waals surface area contributed by atoms with Crippen LogP contribution in [0, 0.1) is 0 Å². The second-order valence-electron chi connectivity index (χ2n) is 7.52. The van der Waals surface area contributed by atoms with E-state index < -0.39 is 0 Å². The molecule has 1 aliphatic rings. The number of hydrogen-bond acceptors (Lipinski definition) is 4. The molecule has 0 spiro atoms. The molecule has 1 heterocycles. The van der Waals surface area contributed by atoms with Crippen molar-refractivity contribution in [3.05, 3.63) is 65.7 Å². The third kappa shape index (κ3) is 4.35. The second-order valence-corrected chi connectivity index (χ2v) is 7.52. The summed E-state index contributed by atoms with van der Waals surface area (Å²) in [5.41, 5.74) is 1.95. The van der Waals surface area contributed by atoms with Crippen molar-refractivity contribution in [2.45, 2.75) is 26.3 Å². The Kier molecular flexibility index (Phi) is 6.07. The first-order valence-electron chi connectivity index (χ1n) is 10.4. The van der Waals surface area contributed by atoms with Crippen LogP contribution < -0.4 is 14.2 Å². The normalized spacial score (nSPS) is 12.6. The van der Waals surface area contributed by atoms with E-state index in [-0.39, 0.29) is 5.91 Å². The van der Waals surface area contributed by atoms with Crippen LogP contribution >= 0.6 is 0 Å². The zero-order valence-corrected chi connectivity index (χ0v) is 17.5. The van der Waals surface area contributed by atoms with Crippen molar-refractivity contribution in [2.75, 3.05) is 26.9 Å². The number of amides is 1. The van der Waals surface area contributed by atoms with Crippen molar-refractivity contribution in [3.63, 3.8) is 0 Å². The Morgan fingerprint density at radius 3 is 2.67 bits per heavy atom. The molecule has 0 N–H and O–H groups in total. The van der Waals surface area contributed by atoms with Gasteiger partial charge in [0.1, 0.15) is 19.0 Å². The number of benzene rings is 3. The van der Waals surface area contributed by atoms with Gasteiger partial charge in [0.2, 0.25) is 5.91 Å². The van der Waals surface area contributed by atoms with Crippen LogP contribution in [0.3, 0.4) is 0 Å². The number of fused-ring (bicyclic) bond motifs is 2. The van der Waals surface area contributed by atoms with E-state index in [0.29, 0.717) is 38.5 Å². The molecule has 0 atom stereocenters. The highest BCUT2D eigenvalue weighted by Crippen LogP contribution is 2.32. The van der Waals surface area contributed by atoms with E-state index in [4.69, 9.17) is 14.2 Å². The highest BCUT2D eigenvalue weighted by atomic mass is 16.6. The molecule has 5 heteroatoms. The minimum Gasteiger partial charge on any atom is -0.493 e. The summed E-state index contributed by atoms with van der Waals surface area (Å²) in [6.07, 6.45) is 1.24. The topological polar surface area (TPSA) is 48.0 Å². The lowest BCUT2D eigenvalue weighted by Gasteiger charge is -2.22. The van der Waals surface area contributed by atoms with E-state index in [1.165, 1.54) is 0 Å². The Morgan fingerprint density at radius 1 is 1.03 bits per heavy atom. The molecule has 0 aromatic heterocycles. The highest BCUT2D eigenvalue weighted by Gasteiger charge is 2.17. The molecule has 3 aromatic rings. The quantitative estimate of drug-likeness (QED) is 0.576. The van der Waals surface area contributed by atoms with Crippen LogP contribution in [-0.4, -0.2) is 37.7 Å². The molecule has 30 heavy (non-hydrogen) atoms. The molecule has 0 aliphatic carbocycles. The van der Waals surface area contributed by atoms with Gasteiger partial charge < -0.3 is 19.1 Å². The summed E-state index contributed by atoms with van der Waals surface area (Å²) >= 11 is 0. The predicted octanol–water partition coefficient (Wildman–Crippen LogP) is 4.60. The lowest BCUT2D eigenvalue weighted by molar-refractivity contribution is -0.129. The van der Waals surface area contributed by atoms with E-state index in [0.717, 1.165) is 39.8 Å². The first-order chi connectivity index (χ1) is 14.7. The van der Waals surface area contributed by atoms with Gasteiger partial charge in [-0.15, -0.1) is 0 Å². The summed E-state index contributed by atoms with van der Waals surface area (Å²) in [6, 6.07) is 18.0. The lowest BCUT2D eigenvalue weighted by Crippen LogP contribution is -2.28. The maximum atomic E-state index is 13.0. The molecule has 4 rings (SSSR count). The zero-order valence-electron chi connectivity index (χ0n) is 17.5. The predicted molar refractivity (Wildman–Crippen MR) is 117 cm³/mol. The molecule has 0 radical (unpaired) electrons. The van der Waals surface area contributed by atoms with Gasteiger partial charge >= 0.3 is 0 Å². The van der Waals surface area contributed by atoms with Gasteiger partial charge in [0.25, 0.3) is 0 Å². The van der Waals surface area contributed by atoms with Crippen molar-refractivity contribution in [3.8, 4) is 17.2 Å². The van der Waals surface area contributed by atoms with Crippen LogP contribution in [0.15, 0.2) is 54.6 Å². The van der Waals surface area contributed by atoms with Gasteiger partial charge in [0.15, 0.2) is 11.5 Å². The maximum absolute atomic E-state index is 13.0. The SMILES string of the molecule is CCCOc1ccc2ccccc2c1CN(C)C(=O)Cc1ccc2c(c1)OCCO2. The number of hydrogen-bond donors (Lipinski definition) is 0. The number of ether oxygens (including phenoxy) is 3. The van der Waals surface area contributed by atoms with Gasteiger partial charge in [0, 0.05) is 19.2 Å². The van der Waals surface area contributed by atoms with Crippen molar-refractivity contribution in [1.82, 2.24) is 4.90 Å². The molecule has 1 aliphatic heterocycles. The number of rotatable bonds is 7. The first-order valence-corrected chi connectivity index (χ1v) is 10.4. The van der Waals surface area contributed by atoms with Gasteiger partial charge in [-0.2, -0.15) is 0 Å². The van der Waals surface area contributed by atoms with Crippen molar-refractivity contribution in [1.29, 1.82) is 0 Å². The fourth-order valence-corrected chi connectivity index (χ4v) is 3.66. The van der Waals surface area contributed by atoms with Crippen LogP contribution in [0.25, 0.3) is 10.8 Å². The molecule has 0 unspecified atom stereocenters. The van der Waals surface area contributed by atoms with Gasteiger partial charge in [-0.05, 0) is 41.0 Å². The Bertz CT molecular complexity index is 1050. The average Bonchev–Trinajstić information content (AvgIpc) is 2.78. The molecule has 3 aromatic carbocycles. The van der Waals surface area contributed by atoms with Gasteiger partial charge in [-0.1, -0.05) is 43.3 Å². The van der Waals surface area contributed by atoms with E-state index in [2.05, 4.69) is 25.1 Å². The number of carbonyl (C=O) groups is 1. The lowest BCUT2D eigenvalue weighted by atomic mass is 10.0. The molecular formula is C25H27NO4. The summed E-state index contributed by atoms with van der Waals surface area (Å²) in [4.78, 5) is 14.7. The third-order valence-electron chi connectivity index (χ3n) is 5.24. The molecule has 0 saturated heterocycles. The molecule has 0 saturated carbocycles. The Balaban J connectivity index is 1.53. The van der Waals surface area contributed by atoms with Crippen molar-refractivity contribution < 1.29 is 19.0 Å². The maximum Gasteiger partial charge on any atom is 0.227 e. The van der Waals surface area contributed by atoms with Gasteiger partial charge in [-0.3, -0.25) is 4.79 Å². The zero-order chi connectivity index (χ0) is 20.9. The Labute approximate surface area is 177 Å². The minimum atomic E-state index is 0.0426. The van der Waals surface area contributed by atoms with E-state index in [9.17, 15) is 4.79 Å². The summed E-state index contributed by atoms with van der Waals surface area (Å²) < 4.78 is 17.2. The van der Waals surface area contributed by atoms with Gasteiger partial charge in [-0.25, -0.2) is 0 Å². The molecule has 1 amide bonds. The van der Waals surface area contributed by atoms with Gasteiger partial charge in [0.05, 0.1) is 13.0 Å². The van der Waals surface area contributed by atoms with E-state index in [1.54, 1.807) is 4.90 Å². The Morgan fingerprint density at radius 2 is 1.83 bits per heavy atom. The van der Waals surface area contributed by atoms with Crippen LogP contribution in [0.5, 0.6) is 17.2 Å². The third-order valence-corrected chi connectivity index (χ3v) is 5.24. The Hall–Kier alpha value is -3.21. The fraction of sp³-hybridized carbons (Fsp3) is 0.320. The summed E-state index contributed by atoms with van der Waals surface area (Å²) in [5.74, 6) is 2.33. The minimum absolute atomic E-state index is 0.0426. The molecule has 5 nitrogen and oxygen atoms in total. The standard InChI is InChI=1S/C25H27NO4/c1-3-12-28-22-11-9-19-6-4-5-7-20(19)21(22)17-26(2)25(27)16-18-8-10-23-24(15-18)30-14-13-29-23/h4-11,15H,3,12-14,16-17H2,1-2H3. The summed E-state index contributed by atoms with van der Waals surface area (Å²) in [5, 5.41) is 2.26. The summed E-state index contributed by atoms with van der Waals surface area (Å²) in [7, 11) is 1.84. The number of carbonyl (C=O) groups excluding carboxylic acids is 1. The first kappa shape index (κ1) is 20.1. The largest absolute Gasteiger partial charge is 0.493 e. The summed E-state index contributed by atoms with van der Waals surface area (Å²) in [6.45, 7) is 4.32. The molecule has 0 fully saturated rings.